The van der Waals surface area contributed by atoms with Gasteiger partial charge in [-0.15, -0.1) is 0 Å². The molecule has 3 aromatic carbocycles. The molecule has 1 aromatic heterocycles. The van der Waals surface area contributed by atoms with Gasteiger partial charge >= 0.3 is 0 Å². The lowest BCUT2D eigenvalue weighted by Crippen LogP contribution is -2.12. The second-order valence-electron chi connectivity index (χ2n) is 7.96. The number of hydrogen-bond acceptors (Lipinski definition) is 6. The Hall–Kier alpha value is -4.00. The maximum absolute atomic E-state index is 12.8. The van der Waals surface area contributed by atoms with Crippen molar-refractivity contribution in [3.63, 3.8) is 0 Å². The van der Waals surface area contributed by atoms with Crippen molar-refractivity contribution >= 4 is 22.7 Å². The number of methoxy groups -OCH3 is 2. The van der Waals surface area contributed by atoms with Crippen molar-refractivity contribution in [2.45, 2.75) is 13.8 Å². The summed E-state index contributed by atoms with van der Waals surface area (Å²) < 4.78 is 22.3. The van der Waals surface area contributed by atoms with Crippen LogP contribution in [0, 0.1) is 5.92 Å². The van der Waals surface area contributed by atoms with E-state index in [-0.39, 0.29) is 5.91 Å². The molecule has 1 N–H and O–H groups in total. The van der Waals surface area contributed by atoms with Gasteiger partial charge in [-0.1, -0.05) is 19.9 Å². The number of rotatable bonds is 8. The van der Waals surface area contributed by atoms with E-state index in [2.05, 4.69) is 24.1 Å². The van der Waals surface area contributed by atoms with E-state index in [9.17, 15) is 4.79 Å². The SMILES string of the molecule is COc1ccc(-c2nc3cc(NC(=O)c4cccc(OCC(C)C)c4)ccc3o2)cc1OC. The fourth-order valence-electron chi connectivity index (χ4n) is 3.29. The Balaban J connectivity index is 1.53. The number of benzene rings is 3. The highest BCUT2D eigenvalue weighted by Gasteiger charge is 2.14. The maximum Gasteiger partial charge on any atom is 0.255 e. The predicted octanol–water partition coefficient (Wildman–Crippen LogP) is 5.80. The number of anilines is 1. The Morgan fingerprint density at radius 3 is 2.58 bits per heavy atom. The van der Waals surface area contributed by atoms with Crippen molar-refractivity contribution in [3.8, 4) is 28.7 Å². The zero-order chi connectivity index (χ0) is 23.4. The molecular formula is C26H26N2O5. The summed E-state index contributed by atoms with van der Waals surface area (Å²) in [6.07, 6.45) is 0. The Kier molecular flexibility index (Phi) is 6.49. The quantitative estimate of drug-likeness (QED) is 0.368. The molecule has 1 amide bonds. The first-order chi connectivity index (χ1) is 16.0. The summed E-state index contributed by atoms with van der Waals surface area (Å²) in [7, 11) is 3.16. The van der Waals surface area contributed by atoms with Gasteiger partial charge in [0.1, 0.15) is 11.3 Å². The maximum atomic E-state index is 12.8. The number of hydrogen-bond donors (Lipinski definition) is 1. The molecule has 0 saturated carbocycles. The van der Waals surface area contributed by atoms with Gasteiger partial charge in [-0.05, 0) is 60.5 Å². The van der Waals surface area contributed by atoms with Crippen molar-refractivity contribution in [1.29, 1.82) is 0 Å². The van der Waals surface area contributed by atoms with Crippen molar-refractivity contribution in [2.24, 2.45) is 5.92 Å². The van der Waals surface area contributed by atoms with Crippen LogP contribution in [0.4, 0.5) is 5.69 Å². The number of nitrogens with zero attached hydrogens (tertiary/aromatic N) is 1. The van der Waals surface area contributed by atoms with Crippen LogP contribution in [-0.4, -0.2) is 31.7 Å². The molecule has 0 unspecified atom stereocenters. The molecule has 4 aromatic rings. The third kappa shape index (κ3) is 5.09. The third-order valence-electron chi connectivity index (χ3n) is 4.96. The second kappa shape index (κ2) is 9.65. The smallest absolute Gasteiger partial charge is 0.255 e. The molecule has 33 heavy (non-hydrogen) atoms. The van der Waals surface area contributed by atoms with E-state index >= 15 is 0 Å². The van der Waals surface area contributed by atoms with Crippen LogP contribution in [0.1, 0.15) is 24.2 Å². The van der Waals surface area contributed by atoms with Crippen molar-refractivity contribution < 1.29 is 23.4 Å². The number of amides is 1. The van der Waals surface area contributed by atoms with E-state index in [0.29, 0.717) is 58.0 Å². The summed E-state index contributed by atoms with van der Waals surface area (Å²) in [5, 5.41) is 2.91. The van der Waals surface area contributed by atoms with Gasteiger partial charge in [0.2, 0.25) is 5.89 Å². The summed E-state index contributed by atoms with van der Waals surface area (Å²) in [4.78, 5) is 17.3. The van der Waals surface area contributed by atoms with Gasteiger partial charge in [-0.3, -0.25) is 4.79 Å². The highest BCUT2D eigenvalue weighted by atomic mass is 16.5. The van der Waals surface area contributed by atoms with Gasteiger partial charge in [0.15, 0.2) is 17.1 Å². The van der Waals surface area contributed by atoms with Crippen LogP contribution in [-0.2, 0) is 0 Å². The zero-order valence-corrected chi connectivity index (χ0v) is 19.0. The topological polar surface area (TPSA) is 82.8 Å². The van der Waals surface area contributed by atoms with Crippen molar-refractivity contribution in [3.05, 3.63) is 66.2 Å². The fraction of sp³-hybridized carbons (Fsp3) is 0.231. The lowest BCUT2D eigenvalue weighted by atomic mass is 10.2. The minimum atomic E-state index is -0.229. The summed E-state index contributed by atoms with van der Waals surface area (Å²) in [5.74, 6) is 2.51. The Morgan fingerprint density at radius 1 is 1.00 bits per heavy atom. The number of aromatic nitrogens is 1. The monoisotopic (exact) mass is 446 g/mol. The first-order valence-electron chi connectivity index (χ1n) is 10.6. The summed E-state index contributed by atoms with van der Waals surface area (Å²) in [6.45, 7) is 4.75. The molecule has 1 heterocycles. The Morgan fingerprint density at radius 2 is 1.82 bits per heavy atom. The largest absolute Gasteiger partial charge is 0.493 e. The van der Waals surface area contributed by atoms with Crippen LogP contribution in [0.2, 0.25) is 0 Å². The number of fused-ring (bicyclic) bond motifs is 1. The van der Waals surface area contributed by atoms with Crippen LogP contribution in [0.3, 0.4) is 0 Å². The van der Waals surface area contributed by atoms with Crippen molar-refractivity contribution in [2.75, 3.05) is 26.1 Å². The molecular weight excluding hydrogens is 420 g/mol. The van der Waals surface area contributed by atoms with Crippen LogP contribution in [0.5, 0.6) is 17.2 Å². The Bertz CT molecular complexity index is 1280. The van der Waals surface area contributed by atoms with Gasteiger partial charge in [-0.2, -0.15) is 0 Å². The summed E-state index contributed by atoms with van der Waals surface area (Å²) >= 11 is 0. The standard InChI is InChI=1S/C26H26N2O5/c1-16(2)15-32-20-7-5-6-17(12-20)25(29)27-19-9-11-22-21(14-19)28-26(33-22)18-8-10-23(30-3)24(13-18)31-4/h5-14,16H,15H2,1-4H3,(H,27,29). The van der Waals surface area contributed by atoms with E-state index in [1.807, 2.05) is 12.1 Å². The molecule has 0 aliphatic carbocycles. The molecule has 4 rings (SSSR count). The zero-order valence-electron chi connectivity index (χ0n) is 19.0. The molecule has 0 bridgehead atoms. The van der Waals surface area contributed by atoms with E-state index in [1.54, 1.807) is 62.8 Å². The van der Waals surface area contributed by atoms with Crippen LogP contribution in [0.25, 0.3) is 22.6 Å². The lowest BCUT2D eigenvalue weighted by molar-refractivity contribution is 0.102. The van der Waals surface area contributed by atoms with Gasteiger partial charge < -0.3 is 23.9 Å². The van der Waals surface area contributed by atoms with E-state index in [4.69, 9.17) is 18.6 Å². The molecule has 0 aliphatic heterocycles. The van der Waals surface area contributed by atoms with E-state index < -0.39 is 0 Å². The van der Waals surface area contributed by atoms with Crippen LogP contribution < -0.4 is 19.5 Å². The highest BCUT2D eigenvalue weighted by molar-refractivity contribution is 6.05. The first-order valence-corrected chi connectivity index (χ1v) is 10.6. The van der Waals surface area contributed by atoms with E-state index in [1.165, 1.54) is 0 Å². The Labute approximate surface area is 192 Å². The molecule has 7 heteroatoms. The molecule has 0 spiro atoms. The average molecular weight is 447 g/mol. The van der Waals surface area contributed by atoms with Crippen molar-refractivity contribution in [1.82, 2.24) is 4.98 Å². The van der Waals surface area contributed by atoms with Gasteiger partial charge in [0.25, 0.3) is 5.91 Å². The molecule has 0 aliphatic rings. The number of nitrogens with one attached hydrogen (secondary N) is 1. The molecule has 0 saturated heterocycles. The van der Waals surface area contributed by atoms with Gasteiger partial charge in [0.05, 0.1) is 20.8 Å². The summed E-state index contributed by atoms with van der Waals surface area (Å²) in [5.41, 5.74) is 3.14. The van der Waals surface area contributed by atoms with Gasteiger partial charge in [-0.25, -0.2) is 4.98 Å². The van der Waals surface area contributed by atoms with Gasteiger partial charge in [0, 0.05) is 16.8 Å². The summed E-state index contributed by atoms with van der Waals surface area (Å²) in [6, 6.07) is 17.9. The fourth-order valence-corrected chi connectivity index (χ4v) is 3.29. The lowest BCUT2D eigenvalue weighted by Gasteiger charge is -2.10. The highest BCUT2D eigenvalue weighted by Crippen LogP contribution is 2.33. The molecule has 170 valence electrons. The molecule has 7 nitrogen and oxygen atoms in total. The number of oxazole rings is 1. The molecule has 0 fully saturated rings. The number of carbonyl (C=O) groups is 1. The minimum Gasteiger partial charge on any atom is -0.493 e. The van der Waals surface area contributed by atoms with E-state index in [0.717, 1.165) is 5.56 Å². The number of carbonyl (C=O) groups excluding carboxylic acids is 1. The molecule has 0 radical (unpaired) electrons. The predicted molar refractivity (Wildman–Crippen MR) is 127 cm³/mol. The molecule has 0 atom stereocenters. The number of ether oxygens (including phenoxy) is 3. The normalized spacial score (nSPS) is 10.9. The minimum absolute atomic E-state index is 0.229. The third-order valence-corrected chi connectivity index (χ3v) is 4.96. The first kappa shape index (κ1) is 22.2. The van der Waals surface area contributed by atoms with Crippen LogP contribution in [0.15, 0.2) is 65.1 Å². The van der Waals surface area contributed by atoms with Crippen LogP contribution >= 0.6 is 0 Å². The average Bonchev–Trinajstić information content (AvgIpc) is 3.26. The second-order valence-corrected chi connectivity index (χ2v) is 7.96.